The van der Waals surface area contributed by atoms with E-state index in [1.807, 2.05) is 6.07 Å². The number of imide groups is 1. The average Bonchev–Trinajstić information content (AvgIpc) is 2.86. The van der Waals surface area contributed by atoms with E-state index in [-0.39, 0.29) is 19.1 Å². The number of hydrogen-bond donors (Lipinski definition) is 1. The summed E-state index contributed by atoms with van der Waals surface area (Å²) in [4.78, 5) is 30.2. The number of rotatable bonds is 5. The molecule has 1 fully saturated rings. The van der Waals surface area contributed by atoms with Crippen LogP contribution in [0, 0.1) is 11.3 Å². The van der Waals surface area contributed by atoms with Gasteiger partial charge in [-0.2, -0.15) is 5.26 Å². The number of hydrogen-bond acceptors (Lipinski definition) is 5. The fourth-order valence-corrected chi connectivity index (χ4v) is 2.64. The van der Waals surface area contributed by atoms with Crippen molar-refractivity contribution >= 4 is 11.9 Å². The maximum absolute atomic E-state index is 12.7. The van der Waals surface area contributed by atoms with Crippen LogP contribution in [-0.2, 0) is 10.3 Å². The molecular formula is C18H16N4O3. The quantitative estimate of drug-likeness (QED) is 0.840. The number of urea groups is 1. The first kappa shape index (κ1) is 16.5. The summed E-state index contributed by atoms with van der Waals surface area (Å²) in [6, 6.07) is 13.4. The fraction of sp³-hybridized carbons (Fsp3) is 0.222. The number of nitriles is 1. The van der Waals surface area contributed by atoms with Crippen LogP contribution in [0.25, 0.3) is 0 Å². The summed E-state index contributed by atoms with van der Waals surface area (Å²) in [5.74, 6) is 0.143. The summed E-state index contributed by atoms with van der Waals surface area (Å²) in [5, 5.41) is 11.6. The van der Waals surface area contributed by atoms with Gasteiger partial charge in [-0.3, -0.25) is 14.7 Å². The minimum atomic E-state index is -1.18. The van der Waals surface area contributed by atoms with Crippen LogP contribution in [0.5, 0.6) is 5.75 Å². The van der Waals surface area contributed by atoms with E-state index in [1.165, 1.54) is 0 Å². The number of ether oxygens (including phenoxy) is 1. The third kappa shape index (κ3) is 3.15. The summed E-state index contributed by atoms with van der Waals surface area (Å²) < 4.78 is 5.54. The molecule has 2 aromatic rings. The molecule has 25 heavy (non-hydrogen) atoms. The number of amides is 3. The van der Waals surface area contributed by atoms with Crippen molar-refractivity contribution in [2.75, 3.05) is 13.2 Å². The molecule has 3 amide bonds. The third-order valence-electron chi connectivity index (χ3n) is 4.00. The second-order valence-electron chi connectivity index (χ2n) is 5.72. The zero-order chi connectivity index (χ0) is 17.9. The van der Waals surface area contributed by atoms with Gasteiger partial charge in [0, 0.05) is 6.20 Å². The summed E-state index contributed by atoms with van der Waals surface area (Å²) in [6.07, 6.45) is 1.58. The predicted molar refractivity (Wildman–Crippen MR) is 88.5 cm³/mol. The molecule has 1 aromatic heterocycles. The largest absolute Gasteiger partial charge is 0.492 e. The van der Waals surface area contributed by atoms with Gasteiger partial charge in [-0.15, -0.1) is 0 Å². The Bertz CT molecular complexity index is 847. The smallest absolute Gasteiger partial charge is 0.325 e. The highest BCUT2D eigenvalue weighted by Gasteiger charge is 2.49. The van der Waals surface area contributed by atoms with Gasteiger partial charge in [0.25, 0.3) is 5.91 Å². The predicted octanol–water partition coefficient (Wildman–Crippen LogP) is 1.80. The molecule has 1 aliphatic rings. The molecular weight excluding hydrogens is 320 g/mol. The second-order valence-corrected chi connectivity index (χ2v) is 5.72. The second kappa shape index (κ2) is 6.61. The van der Waals surface area contributed by atoms with Gasteiger partial charge in [0.2, 0.25) is 0 Å². The van der Waals surface area contributed by atoms with Crippen molar-refractivity contribution in [1.29, 1.82) is 5.26 Å². The molecule has 1 N–H and O–H groups in total. The van der Waals surface area contributed by atoms with Crippen LogP contribution in [0.4, 0.5) is 4.79 Å². The first-order chi connectivity index (χ1) is 12.0. The van der Waals surface area contributed by atoms with Gasteiger partial charge in [-0.05, 0) is 37.3 Å². The van der Waals surface area contributed by atoms with Crippen LogP contribution < -0.4 is 10.1 Å². The minimum absolute atomic E-state index is 0.101. The molecule has 7 heteroatoms. The van der Waals surface area contributed by atoms with Crippen molar-refractivity contribution in [2.45, 2.75) is 12.5 Å². The van der Waals surface area contributed by atoms with E-state index in [1.54, 1.807) is 55.6 Å². The standard InChI is InChI=1S/C18H16N4O3/c1-18(15-7-2-3-8-20-15)16(23)22(17(24)21-18)9-10-25-14-6-4-5-13(11-14)12-19/h2-8,11H,9-10H2,1H3,(H,21,24)/t18-/m1/s1. The van der Waals surface area contributed by atoms with E-state index in [2.05, 4.69) is 10.3 Å². The minimum Gasteiger partial charge on any atom is -0.492 e. The Kier molecular flexibility index (Phi) is 4.35. The Morgan fingerprint density at radius 1 is 1.28 bits per heavy atom. The summed E-state index contributed by atoms with van der Waals surface area (Å²) >= 11 is 0. The highest BCUT2D eigenvalue weighted by Crippen LogP contribution is 2.27. The average molecular weight is 336 g/mol. The number of nitrogens with one attached hydrogen (secondary N) is 1. The van der Waals surface area contributed by atoms with Crippen molar-refractivity contribution in [2.24, 2.45) is 0 Å². The zero-order valence-corrected chi connectivity index (χ0v) is 13.6. The van der Waals surface area contributed by atoms with Crippen LogP contribution in [0.15, 0.2) is 48.7 Å². The Balaban J connectivity index is 1.66. The molecule has 126 valence electrons. The fourth-order valence-electron chi connectivity index (χ4n) is 2.64. The van der Waals surface area contributed by atoms with Crippen molar-refractivity contribution in [3.8, 4) is 11.8 Å². The van der Waals surface area contributed by atoms with Crippen LogP contribution >= 0.6 is 0 Å². The lowest BCUT2D eigenvalue weighted by atomic mass is 9.97. The Morgan fingerprint density at radius 2 is 2.12 bits per heavy atom. The Hall–Kier alpha value is -3.40. The van der Waals surface area contributed by atoms with E-state index in [9.17, 15) is 9.59 Å². The molecule has 0 unspecified atom stereocenters. The number of nitrogens with zero attached hydrogens (tertiary/aromatic N) is 3. The van der Waals surface area contributed by atoms with Crippen molar-refractivity contribution in [3.63, 3.8) is 0 Å². The molecule has 1 aromatic carbocycles. The van der Waals surface area contributed by atoms with E-state index >= 15 is 0 Å². The number of carbonyl (C=O) groups is 2. The maximum atomic E-state index is 12.7. The van der Waals surface area contributed by atoms with Gasteiger partial charge < -0.3 is 10.1 Å². The number of aromatic nitrogens is 1. The molecule has 1 atom stereocenters. The van der Waals surface area contributed by atoms with E-state index in [4.69, 9.17) is 10.00 Å². The van der Waals surface area contributed by atoms with Gasteiger partial charge in [-0.1, -0.05) is 12.1 Å². The molecule has 1 aliphatic heterocycles. The zero-order valence-electron chi connectivity index (χ0n) is 13.6. The first-order valence-corrected chi connectivity index (χ1v) is 7.73. The molecule has 2 heterocycles. The summed E-state index contributed by atoms with van der Waals surface area (Å²) in [5.41, 5.74) is -0.215. The normalized spacial score (nSPS) is 19.4. The van der Waals surface area contributed by atoms with Gasteiger partial charge in [0.05, 0.1) is 23.9 Å². The molecule has 0 bridgehead atoms. The lowest BCUT2D eigenvalue weighted by Crippen LogP contribution is -2.42. The van der Waals surface area contributed by atoms with Gasteiger partial charge >= 0.3 is 6.03 Å². The van der Waals surface area contributed by atoms with Gasteiger partial charge in [0.1, 0.15) is 12.4 Å². The van der Waals surface area contributed by atoms with Gasteiger partial charge in [0.15, 0.2) is 5.54 Å². The van der Waals surface area contributed by atoms with E-state index in [0.29, 0.717) is 17.0 Å². The lowest BCUT2D eigenvalue weighted by Gasteiger charge is -2.20. The monoisotopic (exact) mass is 336 g/mol. The highest BCUT2D eigenvalue weighted by atomic mass is 16.5. The van der Waals surface area contributed by atoms with E-state index in [0.717, 1.165) is 4.90 Å². The SMILES string of the molecule is C[C@]1(c2ccccn2)NC(=O)N(CCOc2cccc(C#N)c2)C1=O. The molecule has 0 radical (unpaired) electrons. The molecule has 0 saturated carbocycles. The maximum Gasteiger partial charge on any atom is 0.325 e. The molecule has 1 saturated heterocycles. The van der Waals surface area contributed by atoms with Gasteiger partial charge in [-0.25, -0.2) is 4.79 Å². The summed E-state index contributed by atoms with van der Waals surface area (Å²) in [6.45, 7) is 1.86. The summed E-state index contributed by atoms with van der Waals surface area (Å²) in [7, 11) is 0. The van der Waals surface area contributed by atoms with Crippen molar-refractivity contribution in [1.82, 2.24) is 15.2 Å². The molecule has 0 spiro atoms. The van der Waals surface area contributed by atoms with Crippen molar-refractivity contribution < 1.29 is 14.3 Å². The number of carbonyl (C=O) groups excluding carboxylic acids is 2. The third-order valence-corrected chi connectivity index (χ3v) is 4.00. The number of pyridine rings is 1. The van der Waals surface area contributed by atoms with Crippen LogP contribution in [0.1, 0.15) is 18.2 Å². The van der Waals surface area contributed by atoms with Crippen LogP contribution in [-0.4, -0.2) is 35.0 Å². The topological polar surface area (TPSA) is 95.3 Å². The lowest BCUT2D eigenvalue weighted by molar-refractivity contribution is -0.131. The Labute approximate surface area is 144 Å². The van der Waals surface area contributed by atoms with Crippen LogP contribution in [0.3, 0.4) is 0 Å². The van der Waals surface area contributed by atoms with Crippen molar-refractivity contribution in [3.05, 3.63) is 59.9 Å². The first-order valence-electron chi connectivity index (χ1n) is 7.73. The van der Waals surface area contributed by atoms with E-state index < -0.39 is 11.6 Å². The highest BCUT2D eigenvalue weighted by molar-refractivity contribution is 6.06. The number of benzene rings is 1. The Morgan fingerprint density at radius 3 is 2.84 bits per heavy atom. The van der Waals surface area contributed by atoms with Crippen LogP contribution in [0.2, 0.25) is 0 Å². The molecule has 3 rings (SSSR count). The molecule has 7 nitrogen and oxygen atoms in total. The molecule has 0 aliphatic carbocycles.